The first kappa shape index (κ1) is 20.8. The van der Waals surface area contributed by atoms with Crippen molar-refractivity contribution >= 4 is 21.5 Å². The standard InChI is InChI=1S/C36H32/c1-2-8-27(9-3-1)34-30-10-4-6-12-32(30)35(33-13-7-5-11-31(33)34)28-14-16-29(17-15-28)36-21-24-18-25(22-36)20-26(19-24)23-36/h1-17,24-26H,18-23H2. The fraction of sp³-hybridized carbons (Fsp3) is 0.278. The minimum Gasteiger partial charge on any atom is -0.0622 e. The number of benzene rings is 5. The topological polar surface area (TPSA) is 0 Å². The first-order valence-corrected chi connectivity index (χ1v) is 13.9. The first-order valence-electron chi connectivity index (χ1n) is 13.9. The largest absolute Gasteiger partial charge is 0.0622 e. The maximum absolute atomic E-state index is 2.50. The summed E-state index contributed by atoms with van der Waals surface area (Å²) in [4.78, 5) is 0. The Bertz CT molecular complexity index is 1500. The van der Waals surface area contributed by atoms with Crippen molar-refractivity contribution in [2.75, 3.05) is 0 Å². The molecule has 0 heterocycles. The predicted octanol–water partition coefficient (Wildman–Crippen LogP) is 9.79. The van der Waals surface area contributed by atoms with E-state index in [2.05, 4.69) is 103 Å². The molecule has 0 nitrogen and oxygen atoms in total. The average molecular weight is 465 g/mol. The summed E-state index contributed by atoms with van der Waals surface area (Å²) in [5.41, 5.74) is 7.41. The molecule has 176 valence electrons. The van der Waals surface area contributed by atoms with Crippen molar-refractivity contribution in [2.24, 2.45) is 17.8 Å². The van der Waals surface area contributed by atoms with Crippen molar-refractivity contribution in [3.63, 3.8) is 0 Å². The van der Waals surface area contributed by atoms with Crippen molar-refractivity contribution in [3.05, 3.63) is 109 Å². The van der Waals surface area contributed by atoms with Crippen molar-refractivity contribution in [3.8, 4) is 22.3 Å². The highest BCUT2D eigenvalue weighted by molar-refractivity contribution is 6.21. The number of rotatable bonds is 3. The van der Waals surface area contributed by atoms with Gasteiger partial charge in [0, 0.05) is 0 Å². The van der Waals surface area contributed by atoms with Gasteiger partial charge in [0.15, 0.2) is 0 Å². The van der Waals surface area contributed by atoms with Crippen LogP contribution in [0.5, 0.6) is 0 Å². The molecule has 4 aliphatic carbocycles. The van der Waals surface area contributed by atoms with E-state index in [0.29, 0.717) is 5.41 Å². The number of hydrogen-bond acceptors (Lipinski definition) is 0. The second-order valence-corrected chi connectivity index (χ2v) is 12.0. The average Bonchev–Trinajstić information content (AvgIpc) is 2.91. The van der Waals surface area contributed by atoms with E-state index >= 15 is 0 Å². The fourth-order valence-corrected chi connectivity index (χ4v) is 8.81. The third-order valence-corrected chi connectivity index (χ3v) is 9.82. The predicted molar refractivity (Wildman–Crippen MR) is 152 cm³/mol. The van der Waals surface area contributed by atoms with Crippen LogP contribution >= 0.6 is 0 Å². The molecular formula is C36H32. The minimum atomic E-state index is 0.453. The van der Waals surface area contributed by atoms with Crippen LogP contribution in [-0.2, 0) is 5.41 Å². The summed E-state index contributed by atoms with van der Waals surface area (Å²) >= 11 is 0. The van der Waals surface area contributed by atoms with Crippen LogP contribution in [0.15, 0.2) is 103 Å². The summed E-state index contributed by atoms with van der Waals surface area (Å²) < 4.78 is 0. The summed E-state index contributed by atoms with van der Waals surface area (Å²) in [6, 6.07) is 38.7. The van der Waals surface area contributed by atoms with Gasteiger partial charge in [-0.2, -0.15) is 0 Å². The first-order chi connectivity index (χ1) is 17.8. The van der Waals surface area contributed by atoms with Crippen LogP contribution in [0.25, 0.3) is 43.8 Å². The van der Waals surface area contributed by atoms with Gasteiger partial charge in [0.1, 0.15) is 0 Å². The Morgan fingerprint density at radius 1 is 0.417 bits per heavy atom. The van der Waals surface area contributed by atoms with Crippen LogP contribution < -0.4 is 0 Å². The van der Waals surface area contributed by atoms with E-state index in [0.717, 1.165) is 17.8 Å². The summed E-state index contributed by atoms with van der Waals surface area (Å²) in [7, 11) is 0. The van der Waals surface area contributed by atoms with Gasteiger partial charge >= 0.3 is 0 Å². The molecule has 4 aliphatic rings. The molecule has 0 heteroatoms. The molecule has 0 aliphatic heterocycles. The summed E-state index contributed by atoms with van der Waals surface area (Å²) in [6.45, 7) is 0. The highest BCUT2D eigenvalue weighted by Gasteiger charge is 2.51. The van der Waals surface area contributed by atoms with Gasteiger partial charge in [0.25, 0.3) is 0 Å². The van der Waals surface area contributed by atoms with Gasteiger partial charge in [0.2, 0.25) is 0 Å². The van der Waals surface area contributed by atoms with E-state index in [1.165, 1.54) is 82.3 Å². The minimum absolute atomic E-state index is 0.453. The molecule has 4 fully saturated rings. The van der Waals surface area contributed by atoms with E-state index in [1.807, 2.05) is 0 Å². The molecule has 0 radical (unpaired) electrons. The van der Waals surface area contributed by atoms with Gasteiger partial charge < -0.3 is 0 Å². The van der Waals surface area contributed by atoms with E-state index < -0.39 is 0 Å². The number of hydrogen-bond donors (Lipinski definition) is 0. The molecule has 0 N–H and O–H groups in total. The lowest BCUT2D eigenvalue weighted by molar-refractivity contribution is -0.00518. The molecule has 5 aromatic rings. The Labute approximate surface area is 214 Å². The number of fused-ring (bicyclic) bond motifs is 2. The quantitative estimate of drug-likeness (QED) is 0.233. The van der Waals surface area contributed by atoms with E-state index in [-0.39, 0.29) is 0 Å². The lowest BCUT2D eigenvalue weighted by atomic mass is 9.48. The van der Waals surface area contributed by atoms with Crippen molar-refractivity contribution in [2.45, 2.75) is 43.9 Å². The van der Waals surface area contributed by atoms with E-state index in [4.69, 9.17) is 0 Å². The molecule has 9 rings (SSSR count). The van der Waals surface area contributed by atoms with Crippen molar-refractivity contribution < 1.29 is 0 Å². The SMILES string of the molecule is c1ccc(-c2c3ccccc3c(-c3ccc(C45CC6CC(CC(C6)C4)C5)cc3)c3ccccc23)cc1. The van der Waals surface area contributed by atoms with Crippen LogP contribution in [0, 0.1) is 17.8 Å². The van der Waals surface area contributed by atoms with Crippen LogP contribution in [0.3, 0.4) is 0 Å². The van der Waals surface area contributed by atoms with Gasteiger partial charge in [-0.15, -0.1) is 0 Å². The zero-order valence-electron chi connectivity index (χ0n) is 20.8. The Morgan fingerprint density at radius 3 is 1.25 bits per heavy atom. The Kier molecular flexibility index (Phi) is 4.51. The monoisotopic (exact) mass is 464 g/mol. The normalized spacial score (nSPS) is 26.6. The molecule has 0 spiro atoms. The van der Waals surface area contributed by atoms with Crippen LogP contribution in [-0.4, -0.2) is 0 Å². The highest BCUT2D eigenvalue weighted by atomic mass is 14.6. The maximum atomic E-state index is 2.50. The van der Waals surface area contributed by atoms with Crippen molar-refractivity contribution in [1.82, 2.24) is 0 Å². The lowest BCUT2D eigenvalue weighted by Crippen LogP contribution is -2.48. The van der Waals surface area contributed by atoms with Crippen LogP contribution in [0.2, 0.25) is 0 Å². The molecular weight excluding hydrogens is 432 g/mol. The third kappa shape index (κ3) is 3.07. The molecule has 0 atom stereocenters. The zero-order valence-corrected chi connectivity index (χ0v) is 20.8. The molecule has 0 saturated heterocycles. The molecule has 0 unspecified atom stereocenters. The van der Waals surface area contributed by atoms with Crippen LogP contribution in [0.4, 0.5) is 0 Å². The molecule has 0 amide bonds. The van der Waals surface area contributed by atoms with Crippen LogP contribution in [0.1, 0.15) is 44.1 Å². The molecule has 36 heavy (non-hydrogen) atoms. The molecule has 5 aromatic carbocycles. The Hall–Kier alpha value is -3.38. The Morgan fingerprint density at radius 2 is 0.806 bits per heavy atom. The zero-order chi connectivity index (χ0) is 23.7. The van der Waals surface area contributed by atoms with Gasteiger partial charge in [-0.25, -0.2) is 0 Å². The second kappa shape index (κ2) is 7.81. The van der Waals surface area contributed by atoms with Gasteiger partial charge in [-0.3, -0.25) is 0 Å². The van der Waals surface area contributed by atoms with Gasteiger partial charge in [0.05, 0.1) is 0 Å². The highest BCUT2D eigenvalue weighted by Crippen LogP contribution is 2.60. The van der Waals surface area contributed by atoms with Crippen molar-refractivity contribution in [1.29, 1.82) is 0 Å². The lowest BCUT2D eigenvalue weighted by Gasteiger charge is -2.57. The van der Waals surface area contributed by atoms with E-state index in [1.54, 1.807) is 5.56 Å². The summed E-state index contributed by atoms with van der Waals surface area (Å²) in [5.74, 6) is 2.94. The molecule has 4 bridgehead atoms. The van der Waals surface area contributed by atoms with Gasteiger partial charge in [-0.05, 0) is 111 Å². The third-order valence-electron chi connectivity index (χ3n) is 9.82. The maximum Gasteiger partial charge on any atom is -0.00264 e. The molecule has 4 saturated carbocycles. The smallest absolute Gasteiger partial charge is 0.00264 e. The molecule has 0 aromatic heterocycles. The fourth-order valence-electron chi connectivity index (χ4n) is 8.81. The summed E-state index contributed by atoms with van der Waals surface area (Å²) in [5, 5.41) is 5.36. The van der Waals surface area contributed by atoms with Gasteiger partial charge in [-0.1, -0.05) is 103 Å². The summed E-state index contributed by atoms with van der Waals surface area (Å²) in [6.07, 6.45) is 8.79. The second-order valence-electron chi connectivity index (χ2n) is 12.0. The Balaban J connectivity index is 1.32. The van der Waals surface area contributed by atoms with E-state index in [9.17, 15) is 0 Å².